The summed E-state index contributed by atoms with van der Waals surface area (Å²) in [5, 5.41) is 2.03. The van der Waals surface area contributed by atoms with E-state index in [9.17, 15) is 0 Å². The van der Waals surface area contributed by atoms with E-state index in [1.54, 1.807) is 36.0 Å². The van der Waals surface area contributed by atoms with Crippen molar-refractivity contribution in [1.29, 1.82) is 0 Å². The van der Waals surface area contributed by atoms with Gasteiger partial charge in [0.15, 0.2) is 0 Å². The van der Waals surface area contributed by atoms with Crippen molar-refractivity contribution in [2.24, 2.45) is 0 Å². The fourth-order valence-corrected chi connectivity index (χ4v) is 3.13. The number of benzene rings is 2. The lowest BCUT2D eigenvalue weighted by atomic mass is 10.2. The van der Waals surface area contributed by atoms with E-state index in [0.29, 0.717) is 20.8 Å². The van der Waals surface area contributed by atoms with Crippen LogP contribution in [0.1, 0.15) is 5.56 Å². The van der Waals surface area contributed by atoms with Crippen LogP contribution in [-0.4, -0.2) is 0 Å². The van der Waals surface area contributed by atoms with Crippen LogP contribution in [0.2, 0.25) is 15.1 Å². The van der Waals surface area contributed by atoms with Crippen LogP contribution in [0.3, 0.4) is 0 Å². The summed E-state index contributed by atoms with van der Waals surface area (Å²) in [6.07, 6.45) is 0. The fourth-order valence-electron chi connectivity index (χ4n) is 1.44. The molecule has 0 heterocycles. The molecule has 2 aromatic rings. The highest BCUT2D eigenvalue weighted by Gasteiger charge is 2.05. The molecule has 0 atom stereocenters. The smallest absolute Gasteiger partial charge is 0.0543 e. The Morgan fingerprint density at radius 3 is 2.39 bits per heavy atom. The minimum atomic E-state index is 0.668. The lowest BCUT2D eigenvalue weighted by Gasteiger charge is -2.07. The van der Waals surface area contributed by atoms with E-state index in [4.69, 9.17) is 40.5 Å². The van der Waals surface area contributed by atoms with Gasteiger partial charge in [-0.25, -0.2) is 0 Å². The molecule has 2 aromatic carbocycles. The molecule has 0 aliphatic rings. The van der Waals surface area contributed by atoms with Crippen LogP contribution < -0.4 is 5.73 Å². The second-order valence-electron chi connectivity index (χ2n) is 3.71. The zero-order valence-corrected chi connectivity index (χ0v) is 12.4. The molecule has 94 valence electrons. The SMILES string of the molecule is Nc1ccc(Cl)cc1CSc1cc(Cl)ccc1Cl. The first-order valence-corrected chi connectivity index (χ1v) is 7.30. The summed E-state index contributed by atoms with van der Waals surface area (Å²) < 4.78 is 0. The summed E-state index contributed by atoms with van der Waals surface area (Å²) >= 11 is 19.6. The molecule has 0 aliphatic carbocycles. The zero-order valence-electron chi connectivity index (χ0n) is 9.29. The van der Waals surface area contributed by atoms with Gasteiger partial charge in [0.25, 0.3) is 0 Å². The van der Waals surface area contributed by atoms with Crippen molar-refractivity contribution in [2.45, 2.75) is 10.6 Å². The van der Waals surface area contributed by atoms with Crippen molar-refractivity contribution in [1.82, 2.24) is 0 Å². The van der Waals surface area contributed by atoms with Gasteiger partial charge >= 0.3 is 0 Å². The predicted octanol–water partition coefficient (Wildman–Crippen LogP) is 5.52. The normalized spacial score (nSPS) is 10.6. The molecule has 0 radical (unpaired) electrons. The minimum absolute atomic E-state index is 0.668. The standard InChI is InChI=1S/C13H10Cl3NS/c14-9-2-4-12(17)8(5-9)7-18-13-6-10(15)1-3-11(13)16/h1-6H,7,17H2. The molecule has 0 aromatic heterocycles. The van der Waals surface area contributed by atoms with Gasteiger partial charge in [-0.2, -0.15) is 0 Å². The van der Waals surface area contributed by atoms with Gasteiger partial charge < -0.3 is 5.73 Å². The number of hydrogen-bond acceptors (Lipinski definition) is 2. The monoisotopic (exact) mass is 317 g/mol. The molecular weight excluding hydrogens is 309 g/mol. The Labute approximate surface area is 125 Å². The Morgan fingerprint density at radius 1 is 0.944 bits per heavy atom. The predicted molar refractivity (Wildman–Crippen MR) is 81.9 cm³/mol. The molecule has 0 aliphatic heterocycles. The number of thioether (sulfide) groups is 1. The van der Waals surface area contributed by atoms with Crippen LogP contribution in [0.4, 0.5) is 5.69 Å². The third kappa shape index (κ3) is 3.48. The van der Waals surface area contributed by atoms with Gasteiger partial charge in [-0.1, -0.05) is 34.8 Å². The average Bonchev–Trinajstić information content (AvgIpc) is 2.34. The molecule has 0 spiro atoms. The van der Waals surface area contributed by atoms with E-state index < -0.39 is 0 Å². The second-order valence-corrected chi connectivity index (χ2v) is 6.00. The van der Waals surface area contributed by atoms with Crippen LogP contribution in [0.5, 0.6) is 0 Å². The van der Waals surface area contributed by atoms with Crippen LogP contribution in [0, 0.1) is 0 Å². The second kappa shape index (κ2) is 6.07. The Bertz CT molecular complexity index is 521. The highest BCUT2D eigenvalue weighted by Crippen LogP contribution is 2.33. The first-order valence-electron chi connectivity index (χ1n) is 5.18. The van der Waals surface area contributed by atoms with Crippen LogP contribution in [0.25, 0.3) is 0 Å². The van der Waals surface area contributed by atoms with Gasteiger partial charge in [0.05, 0.1) is 5.02 Å². The topological polar surface area (TPSA) is 26.0 Å². The molecule has 0 unspecified atom stereocenters. The summed E-state index contributed by atoms with van der Waals surface area (Å²) in [5.41, 5.74) is 7.61. The number of hydrogen-bond donors (Lipinski definition) is 1. The van der Waals surface area contributed by atoms with Crippen molar-refractivity contribution in [3.8, 4) is 0 Å². The molecule has 0 bridgehead atoms. The first-order chi connectivity index (χ1) is 8.56. The van der Waals surface area contributed by atoms with Gasteiger partial charge in [-0.3, -0.25) is 0 Å². The fraction of sp³-hybridized carbons (Fsp3) is 0.0769. The number of nitrogen functional groups attached to an aromatic ring is 1. The molecule has 18 heavy (non-hydrogen) atoms. The Kier molecular flexibility index (Phi) is 4.68. The molecule has 1 nitrogen and oxygen atoms in total. The summed E-state index contributed by atoms with van der Waals surface area (Å²) in [6, 6.07) is 10.8. The van der Waals surface area contributed by atoms with Crippen LogP contribution in [-0.2, 0) is 5.75 Å². The van der Waals surface area contributed by atoms with E-state index in [1.807, 2.05) is 12.1 Å². The van der Waals surface area contributed by atoms with E-state index in [-0.39, 0.29) is 0 Å². The lowest BCUT2D eigenvalue weighted by Crippen LogP contribution is -1.92. The van der Waals surface area contributed by atoms with Crippen molar-refractivity contribution >= 4 is 52.3 Å². The van der Waals surface area contributed by atoms with E-state index in [2.05, 4.69) is 0 Å². The number of halogens is 3. The van der Waals surface area contributed by atoms with Crippen molar-refractivity contribution in [2.75, 3.05) is 5.73 Å². The molecule has 0 fully saturated rings. The van der Waals surface area contributed by atoms with E-state index >= 15 is 0 Å². The Hall–Kier alpha value is -0.540. The van der Waals surface area contributed by atoms with Gasteiger partial charge in [-0.15, -0.1) is 11.8 Å². The quantitative estimate of drug-likeness (QED) is 0.595. The third-order valence-corrected chi connectivity index (χ3v) is 4.40. The number of anilines is 1. The molecule has 2 N–H and O–H groups in total. The van der Waals surface area contributed by atoms with Crippen molar-refractivity contribution < 1.29 is 0 Å². The van der Waals surface area contributed by atoms with Crippen LogP contribution in [0.15, 0.2) is 41.3 Å². The zero-order chi connectivity index (χ0) is 13.1. The minimum Gasteiger partial charge on any atom is -0.398 e. The third-order valence-electron chi connectivity index (χ3n) is 2.38. The maximum absolute atomic E-state index is 6.10. The highest BCUT2D eigenvalue weighted by atomic mass is 35.5. The number of rotatable bonds is 3. The maximum atomic E-state index is 6.10. The molecule has 2 rings (SSSR count). The maximum Gasteiger partial charge on any atom is 0.0543 e. The van der Waals surface area contributed by atoms with E-state index in [1.165, 1.54) is 0 Å². The summed E-state index contributed by atoms with van der Waals surface area (Å²) in [4.78, 5) is 0.934. The van der Waals surface area contributed by atoms with Crippen molar-refractivity contribution in [3.05, 3.63) is 57.0 Å². The molecular formula is C13H10Cl3NS. The Balaban J connectivity index is 2.16. The molecule has 0 saturated carbocycles. The molecule has 0 amide bonds. The van der Waals surface area contributed by atoms with Crippen molar-refractivity contribution in [3.63, 3.8) is 0 Å². The largest absolute Gasteiger partial charge is 0.398 e. The summed E-state index contributed by atoms with van der Waals surface area (Å²) in [6.45, 7) is 0. The summed E-state index contributed by atoms with van der Waals surface area (Å²) in [5.74, 6) is 0.701. The summed E-state index contributed by atoms with van der Waals surface area (Å²) in [7, 11) is 0. The average molecular weight is 319 g/mol. The van der Waals surface area contributed by atoms with Gasteiger partial charge in [0, 0.05) is 26.4 Å². The first kappa shape index (κ1) is 13.9. The van der Waals surface area contributed by atoms with Gasteiger partial charge in [0.2, 0.25) is 0 Å². The van der Waals surface area contributed by atoms with E-state index in [0.717, 1.165) is 16.1 Å². The lowest BCUT2D eigenvalue weighted by molar-refractivity contribution is 1.38. The highest BCUT2D eigenvalue weighted by molar-refractivity contribution is 7.98. The van der Waals surface area contributed by atoms with Gasteiger partial charge in [-0.05, 0) is 42.0 Å². The molecule has 0 saturated heterocycles. The van der Waals surface area contributed by atoms with Crippen LogP contribution >= 0.6 is 46.6 Å². The number of nitrogens with two attached hydrogens (primary N) is 1. The Morgan fingerprint density at radius 2 is 1.61 bits per heavy atom. The van der Waals surface area contributed by atoms with Gasteiger partial charge in [0.1, 0.15) is 0 Å². The molecule has 5 heteroatoms.